The molecular weight excluding hydrogens is 436 g/mol. The summed E-state index contributed by atoms with van der Waals surface area (Å²) in [6.07, 6.45) is 9.64. The molecule has 3 saturated carbocycles. The molecule has 0 bridgehead atoms. The molecular formula is C26H38N2O6. The smallest absolute Gasteiger partial charge is 0.326 e. The molecule has 1 amide bonds. The first kappa shape index (κ1) is 23.8. The average Bonchev–Trinajstić information content (AvgIpc) is 3.33. The van der Waals surface area contributed by atoms with Gasteiger partial charge in [0.1, 0.15) is 6.04 Å². The van der Waals surface area contributed by atoms with E-state index in [2.05, 4.69) is 25.1 Å². The van der Waals surface area contributed by atoms with Crippen molar-refractivity contribution in [2.75, 3.05) is 13.2 Å². The first-order valence-corrected chi connectivity index (χ1v) is 12.9. The van der Waals surface area contributed by atoms with Crippen molar-refractivity contribution in [3.63, 3.8) is 0 Å². The van der Waals surface area contributed by atoms with Gasteiger partial charge in [-0.05, 0) is 86.0 Å². The summed E-state index contributed by atoms with van der Waals surface area (Å²) in [4.78, 5) is 30.3. The molecule has 4 aliphatic carbocycles. The highest BCUT2D eigenvalue weighted by Crippen LogP contribution is 2.65. The van der Waals surface area contributed by atoms with E-state index in [9.17, 15) is 24.9 Å². The fraction of sp³-hybridized carbons (Fsp3) is 0.808. The Bertz CT molecular complexity index is 917. The van der Waals surface area contributed by atoms with Crippen LogP contribution in [0, 0.1) is 28.6 Å². The molecule has 1 saturated heterocycles. The minimum atomic E-state index is -1.11. The third kappa shape index (κ3) is 3.77. The Morgan fingerprint density at radius 1 is 1.12 bits per heavy atom. The number of aliphatic carboxylic acids is 1. The number of oxime groups is 1. The minimum Gasteiger partial charge on any atom is -0.480 e. The number of allylic oxidation sites excluding steroid dienone is 2. The van der Waals surface area contributed by atoms with Gasteiger partial charge in [-0.3, -0.25) is 4.79 Å². The van der Waals surface area contributed by atoms with E-state index < -0.39 is 24.0 Å². The molecule has 8 heteroatoms. The molecule has 1 heterocycles. The highest BCUT2D eigenvalue weighted by atomic mass is 16.6. The highest BCUT2D eigenvalue weighted by Gasteiger charge is 2.58. The number of amides is 1. The third-order valence-electron chi connectivity index (χ3n) is 10.2. The largest absolute Gasteiger partial charge is 0.480 e. The zero-order chi connectivity index (χ0) is 24.3. The van der Waals surface area contributed by atoms with Gasteiger partial charge in [0.05, 0.1) is 17.9 Å². The molecule has 5 rings (SSSR count). The average molecular weight is 475 g/mol. The predicted octanol–water partition coefficient (Wildman–Crippen LogP) is 2.73. The van der Waals surface area contributed by atoms with Crippen molar-refractivity contribution >= 4 is 17.6 Å². The molecule has 0 unspecified atom stereocenters. The van der Waals surface area contributed by atoms with Gasteiger partial charge in [-0.2, -0.15) is 0 Å². The molecule has 4 fully saturated rings. The SMILES string of the molecule is C[C@]12CC[C@H]3[C@@H](CCC4=C/C(=N\OCC(=O)N5C[C@H](O)C[C@@H]5C(=O)O)CC[C@@]43C)[C@@H]1CC[C@H]2O. The number of carboxylic acid groups (broad SMARTS) is 1. The van der Waals surface area contributed by atoms with Crippen LogP contribution in [0.1, 0.15) is 71.6 Å². The second kappa shape index (κ2) is 8.63. The first-order chi connectivity index (χ1) is 16.1. The zero-order valence-electron chi connectivity index (χ0n) is 20.3. The van der Waals surface area contributed by atoms with Crippen LogP contribution < -0.4 is 0 Å². The Labute approximate surface area is 201 Å². The van der Waals surface area contributed by atoms with Crippen LogP contribution in [-0.2, 0) is 14.4 Å². The van der Waals surface area contributed by atoms with Crippen LogP contribution in [0.3, 0.4) is 0 Å². The molecule has 0 aromatic rings. The monoisotopic (exact) mass is 474 g/mol. The number of rotatable bonds is 4. The number of hydrogen-bond acceptors (Lipinski definition) is 6. The topological polar surface area (TPSA) is 120 Å². The number of aliphatic hydroxyl groups excluding tert-OH is 2. The third-order valence-corrected chi connectivity index (χ3v) is 10.2. The van der Waals surface area contributed by atoms with Gasteiger partial charge in [0, 0.05) is 13.0 Å². The van der Waals surface area contributed by atoms with E-state index in [0.29, 0.717) is 17.8 Å². The Balaban J connectivity index is 1.24. The number of fused-ring (bicyclic) bond motifs is 5. The molecule has 3 N–H and O–H groups in total. The molecule has 0 aromatic heterocycles. The summed E-state index contributed by atoms with van der Waals surface area (Å²) in [6, 6.07) is -1.01. The maximum atomic E-state index is 12.4. The lowest BCUT2D eigenvalue weighted by atomic mass is 9.47. The summed E-state index contributed by atoms with van der Waals surface area (Å²) in [7, 11) is 0. The van der Waals surface area contributed by atoms with Crippen molar-refractivity contribution in [3.05, 3.63) is 11.6 Å². The summed E-state index contributed by atoms with van der Waals surface area (Å²) in [6.45, 7) is 4.41. The number of carboxylic acids is 1. The standard InChI is InChI=1S/C26H38N2O6/c1-25-9-7-16(27-34-14-23(31)28-13-17(29)12-21(28)24(32)33)11-15(25)3-4-18-19-5-6-22(30)26(19,2)10-8-20(18)25/h11,17-22,29-30H,3-10,12-14H2,1-2H3,(H,32,33)/b27-16-/t17-,18+,19+,20+,21-,22-,25+,26+/m1/s1. The molecule has 0 spiro atoms. The summed E-state index contributed by atoms with van der Waals surface area (Å²) < 4.78 is 0. The van der Waals surface area contributed by atoms with E-state index >= 15 is 0 Å². The Hall–Kier alpha value is -1.93. The lowest BCUT2D eigenvalue weighted by Gasteiger charge is -2.57. The molecule has 8 nitrogen and oxygen atoms in total. The van der Waals surface area contributed by atoms with Crippen LogP contribution in [0.15, 0.2) is 16.8 Å². The quantitative estimate of drug-likeness (QED) is 0.539. The number of hydrogen-bond donors (Lipinski definition) is 3. The molecule has 0 radical (unpaired) electrons. The second-order valence-corrected chi connectivity index (χ2v) is 11.8. The molecule has 34 heavy (non-hydrogen) atoms. The van der Waals surface area contributed by atoms with Crippen molar-refractivity contribution in [2.24, 2.45) is 33.7 Å². The van der Waals surface area contributed by atoms with Gasteiger partial charge < -0.3 is 25.1 Å². The lowest BCUT2D eigenvalue weighted by Crippen LogP contribution is -2.51. The Morgan fingerprint density at radius 3 is 2.68 bits per heavy atom. The Kier molecular flexibility index (Phi) is 6.04. The number of carbonyl (C=O) groups excluding carboxylic acids is 1. The van der Waals surface area contributed by atoms with Gasteiger partial charge in [-0.25, -0.2) is 4.79 Å². The van der Waals surface area contributed by atoms with E-state index in [1.165, 1.54) is 23.3 Å². The van der Waals surface area contributed by atoms with Crippen molar-refractivity contribution in [1.29, 1.82) is 0 Å². The summed E-state index contributed by atoms with van der Waals surface area (Å²) in [5, 5.41) is 33.9. The Morgan fingerprint density at radius 2 is 1.91 bits per heavy atom. The molecule has 1 aliphatic heterocycles. The zero-order valence-corrected chi connectivity index (χ0v) is 20.3. The number of aliphatic hydroxyl groups is 2. The molecule has 188 valence electrons. The fourth-order valence-corrected chi connectivity index (χ4v) is 8.19. The fourth-order valence-electron chi connectivity index (χ4n) is 8.19. The van der Waals surface area contributed by atoms with Crippen LogP contribution in [0.25, 0.3) is 0 Å². The summed E-state index contributed by atoms with van der Waals surface area (Å²) >= 11 is 0. The predicted molar refractivity (Wildman–Crippen MR) is 125 cm³/mol. The van der Waals surface area contributed by atoms with Gasteiger partial charge in [0.25, 0.3) is 5.91 Å². The molecule has 8 atom stereocenters. The van der Waals surface area contributed by atoms with Crippen LogP contribution in [0.5, 0.6) is 0 Å². The van der Waals surface area contributed by atoms with Crippen molar-refractivity contribution in [3.8, 4) is 0 Å². The van der Waals surface area contributed by atoms with Gasteiger partial charge >= 0.3 is 5.97 Å². The normalized spacial score (nSPS) is 44.8. The summed E-state index contributed by atoms with van der Waals surface area (Å²) in [5.74, 6) is 0.380. The van der Waals surface area contributed by atoms with E-state index in [-0.39, 0.29) is 36.5 Å². The van der Waals surface area contributed by atoms with Gasteiger partial charge in [0.15, 0.2) is 6.61 Å². The van der Waals surface area contributed by atoms with Crippen LogP contribution in [0.4, 0.5) is 0 Å². The maximum Gasteiger partial charge on any atom is 0.326 e. The van der Waals surface area contributed by atoms with Crippen LogP contribution in [-0.4, -0.2) is 69.2 Å². The van der Waals surface area contributed by atoms with Crippen molar-refractivity contribution < 1.29 is 29.7 Å². The minimum absolute atomic E-state index is 0.0117. The van der Waals surface area contributed by atoms with E-state index in [0.717, 1.165) is 44.2 Å². The first-order valence-electron chi connectivity index (χ1n) is 12.9. The maximum absolute atomic E-state index is 12.4. The van der Waals surface area contributed by atoms with Gasteiger partial charge in [0.2, 0.25) is 0 Å². The number of β-amino-alcohol motifs (C(OH)–C–C–N with tert-alkyl or cyclic N) is 1. The van der Waals surface area contributed by atoms with Crippen molar-refractivity contribution in [1.82, 2.24) is 4.90 Å². The highest BCUT2D eigenvalue weighted by molar-refractivity contribution is 5.96. The van der Waals surface area contributed by atoms with E-state index in [4.69, 9.17) is 4.84 Å². The summed E-state index contributed by atoms with van der Waals surface area (Å²) in [5.41, 5.74) is 2.52. The van der Waals surface area contributed by atoms with E-state index in [1.807, 2.05) is 0 Å². The second-order valence-electron chi connectivity index (χ2n) is 11.8. The lowest BCUT2D eigenvalue weighted by molar-refractivity contribution is -0.150. The number of nitrogens with zero attached hydrogens (tertiary/aromatic N) is 2. The number of carbonyl (C=O) groups is 2. The van der Waals surface area contributed by atoms with Crippen LogP contribution >= 0.6 is 0 Å². The molecule has 0 aromatic carbocycles. The van der Waals surface area contributed by atoms with E-state index in [1.54, 1.807) is 0 Å². The number of likely N-dealkylation sites (tertiary alicyclic amines) is 1. The van der Waals surface area contributed by atoms with Gasteiger partial charge in [-0.15, -0.1) is 0 Å². The van der Waals surface area contributed by atoms with Gasteiger partial charge in [-0.1, -0.05) is 24.6 Å². The van der Waals surface area contributed by atoms with Crippen molar-refractivity contribution in [2.45, 2.75) is 89.9 Å². The molecule has 5 aliphatic rings. The van der Waals surface area contributed by atoms with Crippen LogP contribution in [0.2, 0.25) is 0 Å².